The number of hydrogen-bond donors (Lipinski definition) is 2. The highest BCUT2D eigenvalue weighted by atomic mass is 19.4. The van der Waals surface area contributed by atoms with Crippen LogP contribution in [0.5, 0.6) is 0 Å². The number of nitrogen functional groups attached to an aromatic ring is 1. The first kappa shape index (κ1) is 15.9. The van der Waals surface area contributed by atoms with E-state index in [0.29, 0.717) is 17.1 Å². The maximum absolute atomic E-state index is 12.1. The van der Waals surface area contributed by atoms with Crippen LogP contribution in [-0.4, -0.2) is 26.4 Å². The summed E-state index contributed by atoms with van der Waals surface area (Å²) in [6.45, 7) is 0. The fourth-order valence-electron chi connectivity index (χ4n) is 2.09. The molecule has 1 aliphatic rings. The van der Waals surface area contributed by atoms with Gasteiger partial charge in [0.15, 0.2) is 0 Å². The zero-order valence-corrected chi connectivity index (χ0v) is 11.6. The van der Waals surface area contributed by atoms with Crippen LogP contribution in [0.4, 0.5) is 18.9 Å². The average molecular weight is 317 g/mol. The van der Waals surface area contributed by atoms with Crippen LogP contribution in [0.15, 0.2) is 23.3 Å². The number of nitrogens with zero attached hydrogens (tertiary/aromatic N) is 2. The van der Waals surface area contributed by atoms with Crippen LogP contribution >= 0.6 is 0 Å². The minimum absolute atomic E-state index is 0.0492. The number of aromatic nitrogens is 2. The largest absolute Gasteiger partial charge is 0.490 e. The summed E-state index contributed by atoms with van der Waals surface area (Å²) < 4.78 is 35.4. The summed E-state index contributed by atoms with van der Waals surface area (Å²) >= 11 is 0. The van der Waals surface area contributed by atoms with E-state index in [0.717, 1.165) is 18.4 Å². The summed E-state index contributed by atoms with van der Waals surface area (Å²) in [6, 6.07) is 2.37. The Balaban J connectivity index is 0.000000217. The first-order chi connectivity index (χ1) is 10.1. The van der Waals surface area contributed by atoms with Crippen molar-refractivity contribution in [3.63, 3.8) is 0 Å². The van der Waals surface area contributed by atoms with Crippen LogP contribution in [0.2, 0.25) is 0 Å². The summed E-state index contributed by atoms with van der Waals surface area (Å²) in [5.74, 6) is -2.76. The van der Waals surface area contributed by atoms with Gasteiger partial charge in [-0.05, 0) is 18.9 Å². The van der Waals surface area contributed by atoms with E-state index in [4.69, 9.17) is 15.6 Å². The molecule has 1 saturated carbocycles. The van der Waals surface area contributed by atoms with Gasteiger partial charge in [0.2, 0.25) is 0 Å². The van der Waals surface area contributed by atoms with Gasteiger partial charge in [0.1, 0.15) is 0 Å². The molecule has 2 aromatic rings. The van der Waals surface area contributed by atoms with Gasteiger partial charge in [-0.15, -0.1) is 0 Å². The number of alkyl halides is 3. The van der Waals surface area contributed by atoms with Gasteiger partial charge in [-0.2, -0.15) is 13.2 Å². The van der Waals surface area contributed by atoms with Crippen molar-refractivity contribution in [3.05, 3.63) is 28.8 Å². The maximum Gasteiger partial charge on any atom is 0.490 e. The molecular weight excluding hydrogens is 303 g/mol. The smallest absolute Gasteiger partial charge is 0.475 e. The minimum atomic E-state index is -5.08. The third kappa shape index (κ3) is 3.07. The van der Waals surface area contributed by atoms with E-state index in [-0.39, 0.29) is 5.56 Å². The molecule has 0 unspecified atom stereocenters. The molecule has 3 N–H and O–H groups in total. The van der Waals surface area contributed by atoms with Crippen molar-refractivity contribution in [2.24, 2.45) is 7.05 Å². The van der Waals surface area contributed by atoms with Gasteiger partial charge in [-0.1, -0.05) is 0 Å². The molecule has 1 aliphatic carbocycles. The number of carboxylic acids is 1. The number of carboxylic acid groups (broad SMARTS) is 1. The summed E-state index contributed by atoms with van der Waals surface area (Å²) in [6.07, 6.45) is 0.807. The third-order valence-corrected chi connectivity index (χ3v) is 3.28. The zero-order valence-electron chi connectivity index (χ0n) is 11.6. The second-order valence-corrected chi connectivity index (χ2v) is 5.02. The Bertz CT molecular complexity index is 772. The molecule has 0 amide bonds. The van der Waals surface area contributed by atoms with E-state index in [1.54, 1.807) is 10.8 Å². The van der Waals surface area contributed by atoms with Crippen LogP contribution in [0, 0.1) is 0 Å². The van der Waals surface area contributed by atoms with Crippen LogP contribution in [-0.2, 0) is 11.8 Å². The first-order valence-corrected chi connectivity index (χ1v) is 6.38. The Labute approximate surface area is 122 Å². The number of carbonyl (C=O) groups is 1. The van der Waals surface area contributed by atoms with Crippen molar-refractivity contribution in [1.82, 2.24) is 9.13 Å². The lowest BCUT2D eigenvalue weighted by Crippen LogP contribution is -2.21. The van der Waals surface area contributed by atoms with Crippen LogP contribution in [0.3, 0.4) is 0 Å². The standard InChI is InChI=1S/C11H13N3O.C2HF3O2/c1-13-6-8(12)10-9(13)4-5-14(11(10)15)7-2-3-7;3-2(4,5)1(6)7/h4-7H,2-3,12H2,1H3;(H,6,7). The molecule has 0 aromatic carbocycles. The molecule has 9 heteroatoms. The van der Waals surface area contributed by atoms with Crippen molar-refractivity contribution in [3.8, 4) is 0 Å². The molecule has 0 atom stereocenters. The van der Waals surface area contributed by atoms with E-state index >= 15 is 0 Å². The Morgan fingerprint density at radius 3 is 2.41 bits per heavy atom. The molecule has 0 saturated heterocycles. The number of nitrogens with two attached hydrogens (primary N) is 1. The van der Waals surface area contributed by atoms with E-state index < -0.39 is 12.1 Å². The lowest BCUT2D eigenvalue weighted by molar-refractivity contribution is -0.192. The van der Waals surface area contributed by atoms with Gasteiger partial charge >= 0.3 is 12.1 Å². The van der Waals surface area contributed by atoms with E-state index in [2.05, 4.69) is 0 Å². The Hall–Kier alpha value is -2.45. The predicted octanol–water partition coefficient (Wildman–Crippen LogP) is 1.89. The Kier molecular flexibility index (Phi) is 3.90. The number of anilines is 1. The molecule has 1 fully saturated rings. The molecule has 6 nitrogen and oxygen atoms in total. The van der Waals surface area contributed by atoms with Crippen LogP contribution < -0.4 is 11.3 Å². The monoisotopic (exact) mass is 317 g/mol. The maximum atomic E-state index is 12.1. The SMILES string of the molecule is Cn1cc(N)c2c(=O)n(C3CC3)ccc21.O=C(O)C(F)(F)F. The summed E-state index contributed by atoms with van der Waals surface area (Å²) in [7, 11) is 1.90. The number of rotatable bonds is 1. The van der Waals surface area contributed by atoms with Gasteiger partial charge in [-0.25, -0.2) is 4.79 Å². The fourth-order valence-corrected chi connectivity index (χ4v) is 2.09. The lowest BCUT2D eigenvalue weighted by Gasteiger charge is -2.03. The van der Waals surface area contributed by atoms with Gasteiger partial charge in [0.05, 0.1) is 16.6 Å². The van der Waals surface area contributed by atoms with Gasteiger partial charge in [-0.3, -0.25) is 4.79 Å². The molecule has 120 valence electrons. The van der Waals surface area contributed by atoms with E-state index in [1.807, 2.05) is 23.9 Å². The average Bonchev–Trinajstić information content (AvgIpc) is 3.17. The molecule has 0 bridgehead atoms. The Morgan fingerprint density at radius 1 is 1.41 bits per heavy atom. The number of halogens is 3. The van der Waals surface area contributed by atoms with Crippen molar-refractivity contribution in [2.45, 2.75) is 25.1 Å². The molecule has 0 radical (unpaired) electrons. The van der Waals surface area contributed by atoms with Crippen LogP contribution in [0.25, 0.3) is 10.9 Å². The molecule has 22 heavy (non-hydrogen) atoms. The highest BCUT2D eigenvalue weighted by molar-refractivity contribution is 5.90. The van der Waals surface area contributed by atoms with Crippen molar-refractivity contribution in [2.75, 3.05) is 5.73 Å². The lowest BCUT2D eigenvalue weighted by atomic mass is 10.3. The summed E-state index contributed by atoms with van der Waals surface area (Å²) in [4.78, 5) is 21.0. The van der Waals surface area contributed by atoms with Gasteiger partial charge in [0.25, 0.3) is 5.56 Å². The topological polar surface area (TPSA) is 90.2 Å². The van der Waals surface area contributed by atoms with Gasteiger partial charge in [0, 0.05) is 25.5 Å². The molecule has 3 rings (SSSR count). The van der Waals surface area contributed by atoms with Crippen molar-refractivity contribution >= 4 is 22.6 Å². The Morgan fingerprint density at radius 2 is 1.95 bits per heavy atom. The van der Waals surface area contributed by atoms with Crippen molar-refractivity contribution in [1.29, 1.82) is 0 Å². The predicted molar refractivity (Wildman–Crippen MR) is 73.6 cm³/mol. The number of hydrogen-bond acceptors (Lipinski definition) is 3. The number of fused-ring (bicyclic) bond motifs is 1. The quantitative estimate of drug-likeness (QED) is 0.840. The minimum Gasteiger partial charge on any atom is -0.475 e. The normalized spacial score (nSPS) is 14.5. The highest BCUT2D eigenvalue weighted by Gasteiger charge is 2.38. The van der Waals surface area contributed by atoms with Crippen LogP contribution in [0.1, 0.15) is 18.9 Å². The second-order valence-electron chi connectivity index (χ2n) is 5.02. The molecule has 0 aliphatic heterocycles. The summed E-state index contributed by atoms with van der Waals surface area (Å²) in [5.41, 5.74) is 7.37. The number of aryl methyl sites for hydroxylation is 1. The molecular formula is C13H14F3N3O3. The molecule has 2 heterocycles. The molecule has 2 aromatic heterocycles. The molecule has 0 spiro atoms. The second kappa shape index (κ2) is 5.39. The highest BCUT2D eigenvalue weighted by Crippen LogP contribution is 2.34. The fraction of sp³-hybridized carbons (Fsp3) is 0.385. The van der Waals surface area contributed by atoms with Crippen molar-refractivity contribution < 1.29 is 23.1 Å². The number of pyridine rings is 1. The summed E-state index contributed by atoms with van der Waals surface area (Å²) in [5, 5.41) is 7.78. The van der Waals surface area contributed by atoms with Gasteiger partial charge < -0.3 is 20.0 Å². The first-order valence-electron chi connectivity index (χ1n) is 6.38. The van der Waals surface area contributed by atoms with E-state index in [9.17, 15) is 18.0 Å². The van der Waals surface area contributed by atoms with E-state index in [1.165, 1.54) is 0 Å². The number of aliphatic carboxylic acids is 1. The zero-order chi connectivity index (χ0) is 16.7. The third-order valence-electron chi connectivity index (χ3n) is 3.28.